The summed E-state index contributed by atoms with van der Waals surface area (Å²) in [7, 11) is 1.58. The lowest BCUT2D eigenvalue weighted by atomic mass is 10.2. The largest absolute Gasteiger partial charge is 0.495 e. The van der Waals surface area contributed by atoms with Crippen LogP contribution in [0.1, 0.15) is 22.8 Å². The van der Waals surface area contributed by atoms with Crippen LogP contribution in [-0.4, -0.2) is 43.5 Å². The van der Waals surface area contributed by atoms with Crippen molar-refractivity contribution in [3.8, 4) is 5.75 Å². The van der Waals surface area contributed by atoms with E-state index in [1.165, 1.54) is 23.5 Å². The molecule has 0 aliphatic heterocycles. The first-order chi connectivity index (χ1) is 15.4. The Bertz CT molecular complexity index is 1100. The summed E-state index contributed by atoms with van der Waals surface area (Å²) in [4.78, 5) is 21.4. The molecular weight excluding hydrogens is 444 g/mol. The van der Waals surface area contributed by atoms with E-state index in [0.717, 1.165) is 22.8 Å². The number of anilines is 1. The molecular formula is C22H26N6O2S2. The van der Waals surface area contributed by atoms with Crippen LogP contribution < -0.4 is 10.1 Å². The van der Waals surface area contributed by atoms with Gasteiger partial charge in [-0.05, 0) is 44.5 Å². The number of nitrogens with one attached hydrogen (secondary N) is 1. The van der Waals surface area contributed by atoms with Gasteiger partial charge in [0, 0.05) is 17.9 Å². The van der Waals surface area contributed by atoms with Gasteiger partial charge in [-0.3, -0.25) is 4.79 Å². The molecule has 0 aliphatic rings. The Kier molecular flexibility index (Phi) is 8.29. The number of ether oxygens (including phenoxy) is 1. The van der Waals surface area contributed by atoms with Gasteiger partial charge in [-0.1, -0.05) is 35.7 Å². The zero-order valence-corrected chi connectivity index (χ0v) is 20.2. The van der Waals surface area contributed by atoms with Gasteiger partial charge in [0.15, 0.2) is 10.3 Å². The second-order valence-corrected chi connectivity index (χ2v) is 8.95. The molecule has 0 radical (unpaired) electrons. The summed E-state index contributed by atoms with van der Waals surface area (Å²) in [5.74, 6) is 2.01. The summed E-state index contributed by atoms with van der Waals surface area (Å²) in [6.07, 6.45) is 1.78. The zero-order chi connectivity index (χ0) is 23.1. The highest BCUT2D eigenvalue weighted by Gasteiger charge is 2.15. The number of hydrogen-bond acceptors (Lipinski definition) is 8. The van der Waals surface area contributed by atoms with Crippen molar-refractivity contribution in [1.82, 2.24) is 24.7 Å². The number of aromatic nitrogens is 5. The van der Waals surface area contributed by atoms with Crippen LogP contribution in [0.15, 0.2) is 47.2 Å². The molecule has 10 heteroatoms. The first-order valence-corrected chi connectivity index (χ1v) is 11.9. The van der Waals surface area contributed by atoms with Crippen molar-refractivity contribution in [3.05, 3.63) is 59.7 Å². The van der Waals surface area contributed by atoms with E-state index >= 15 is 0 Å². The number of amides is 1. The Morgan fingerprint density at radius 3 is 2.59 bits per heavy atom. The Labute approximate surface area is 196 Å². The van der Waals surface area contributed by atoms with Gasteiger partial charge in [0.05, 0.1) is 24.3 Å². The molecule has 0 fully saturated rings. The number of carbonyl (C=O) groups is 1. The van der Waals surface area contributed by atoms with Gasteiger partial charge >= 0.3 is 0 Å². The second-order valence-electron chi connectivity index (χ2n) is 7.06. The monoisotopic (exact) mass is 470 g/mol. The van der Waals surface area contributed by atoms with Crippen LogP contribution in [0.25, 0.3) is 0 Å². The van der Waals surface area contributed by atoms with E-state index in [4.69, 9.17) is 4.74 Å². The van der Waals surface area contributed by atoms with Crippen LogP contribution in [0.2, 0.25) is 0 Å². The fourth-order valence-corrected chi connectivity index (χ4v) is 4.62. The molecule has 0 spiro atoms. The van der Waals surface area contributed by atoms with Crippen molar-refractivity contribution >= 4 is 35.1 Å². The van der Waals surface area contributed by atoms with Crippen LogP contribution in [0.5, 0.6) is 5.75 Å². The van der Waals surface area contributed by atoms with E-state index in [1.807, 2.05) is 49.6 Å². The first kappa shape index (κ1) is 23.8. The molecule has 0 unspecified atom stereocenters. The minimum atomic E-state index is -0.147. The van der Waals surface area contributed by atoms with E-state index in [-0.39, 0.29) is 11.7 Å². The van der Waals surface area contributed by atoms with Gasteiger partial charge in [-0.15, -0.1) is 16.8 Å². The van der Waals surface area contributed by atoms with E-state index < -0.39 is 0 Å². The van der Waals surface area contributed by atoms with Crippen molar-refractivity contribution < 1.29 is 9.53 Å². The number of rotatable bonds is 10. The number of methoxy groups -OCH3 is 1. The number of thioether (sulfide) groups is 2. The molecule has 0 saturated carbocycles. The molecule has 2 aromatic heterocycles. The molecule has 1 N–H and O–H groups in total. The van der Waals surface area contributed by atoms with Gasteiger partial charge in [0.2, 0.25) is 5.91 Å². The van der Waals surface area contributed by atoms with Crippen LogP contribution in [0.4, 0.5) is 5.69 Å². The van der Waals surface area contributed by atoms with Crippen molar-refractivity contribution in [2.24, 2.45) is 0 Å². The van der Waals surface area contributed by atoms with Gasteiger partial charge in [-0.2, -0.15) is 0 Å². The summed E-state index contributed by atoms with van der Waals surface area (Å²) in [6.45, 7) is 10.2. The lowest BCUT2D eigenvalue weighted by molar-refractivity contribution is -0.113. The lowest BCUT2D eigenvalue weighted by Gasteiger charge is -2.11. The SMILES string of the molecule is C=CCn1c(CSc2nc(C)cc(C)n2)nnc1SCC(=O)Nc1cc(C)ccc1OC. The molecule has 0 aliphatic carbocycles. The summed E-state index contributed by atoms with van der Waals surface area (Å²) >= 11 is 2.83. The third-order valence-electron chi connectivity index (χ3n) is 4.36. The standard InChI is InChI=1S/C22H26N6O2S2/c1-6-9-28-19(12-31-21-23-15(3)11-16(4)24-21)26-27-22(28)32-13-20(29)25-17-10-14(2)7-8-18(17)30-5/h6-8,10-11H,1,9,12-13H2,2-5H3,(H,25,29). The number of hydrogen-bond donors (Lipinski definition) is 1. The molecule has 3 aromatic rings. The van der Waals surface area contributed by atoms with Crippen LogP contribution in [0, 0.1) is 20.8 Å². The molecule has 8 nitrogen and oxygen atoms in total. The van der Waals surface area contributed by atoms with Gasteiger partial charge < -0.3 is 14.6 Å². The highest BCUT2D eigenvalue weighted by atomic mass is 32.2. The van der Waals surface area contributed by atoms with Crippen LogP contribution in [-0.2, 0) is 17.1 Å². The van der Waals surface area contributed by atoms with E-state index in [1.54, 1.807) is 13.2 Å². The summed E-state index contributed by atoms with van der Waals surface area (Å²) in [5.41, 5.74) is 3.55. The normalized spacial score (nSPS) is 10.8. The minimum absolute atomic E-state index is 0.147. The number of benzene rings is 1. The Balaban J connectivity index is 1.65. The van der Waals surface area contributed by atoms with E-state index in [2.05, 4.69) is 32.1 Å². The zero-order valence-electron chi connectivity index (χ0n) is 18.6. The molecule has 32 heavy (non-hydrogen) atoms. The number of allylic oxidation sites excluding steroid dienone is 1. The van der Waals surface area contributed by atoms with Gasteiger partial charge in [0.1, 0.15) is 11.6 Å². The number of aryl methyl sites for hydroxylation is 3. The molecule has 2 heterocycles. The quantitative estimate of drug-likeness (QED) is 0.267. The highest BCUT2D eigenvalue weighted by molar-refractivity contribution is 7.99. The third-order valence-corrected chi connectivity index (χ3v) is 6.17. The number of nitrogens with zero attached hydrogens (tertiary/aromatic N) is 5. The summed E-state index contributed by atoms with van der Waals surface area (Å²) in [5, 5.41) is 12.9. The molecule has 0 atom stereocenters. The van der Waals surface area contributed by atoms with Crippen molar-refractivity contribution in [2.45, 2.75) is 43.4 Å². The highest BCUT2D eigenvalue weighted by Crippen LogP contribution is 2.26. The topological polar surface area (TPSA) is 94.8 Å². The maximum Gasteiger partial charge on any atom is 0.234 e. The van der Waals surface area contributed by atoms with Crippen molar-refractivity contribution in [3.63, 3.8) is 0 Å². The van der Waals surface area contributed by atoms with Crippen molar-refractivity contribution in [2.75, 3.05) is 18.2 Å². The molecule has 3 rings (SSSR count). The average Bonchev–Trinajstić information content (AvgIpc) is 3.12. The second kappa shape index (κ2) is 11.1. The maximum atomic E-state index is 12.5. The first-order valence-electron chi connectivity index (χ1n) is 9.95. The Hall–Kier alpha value is -2.85. The molecule has 1 amide bonds. The summed E-state index contributed by atoms with van der Waals surface area (Å²) < 4.78 is 7.28. The summed E-state index contributed by atoms with van der Waals surface area (Å²) in [6, 6.07) is 7.59. The fourth-order valence-electron chi connectivity index (χ4n) is 2.97. The van der Waals surface area contributed by atoms with Crippen LogP contribution >= 0.6 is 23.5 Å². The fraction of sp³-hybridized carbons (Fsp3) is 0.318. The predicted molar refractivity (Wildman–Crippen MR) is 128 cm³/mol. The molecule has 1 aromatic carbocycles. The smallest absolute Gasteiger partial charge is 0.234 e. The molecule has 0 bridgehead atoms. The molecule has 168 valence electrons. The van der Waals surface area contributed by atoms with E-state index in [0.29, 0.717) is 34.0 Å². The predicted octanol–water partition coefficient (Wildman–Crippen LogP) is 4.21. The van der Waals surface area contributed by atoms with Crippen molar-refractivity contribution in [1.29, 1.82) is 0 Å². The average molecular weight is 471 g/mol. The Morgan fingerprint density at radius 1 is 1.16 bits per heavy atom. The van der Waals surface area contributed by atoms with E-state index in [9.17, 15) is 4.79 Å². The third kappa shape index (κ3) is 6.33. The lowest BCUT2D eigenvalue weighted by Crippen LogP contribution is -2.15. The maximum absolute atomic E-state index is 12.5. The number of carbonyl (C=O) groups excluding carboxylic acids is 1. The van der Waals surface area contributed by atoms with Gasteiger partial charge in [-0.25, -0.2) is 9.97 Å². The molecule has 0 saturated heterocycles. The Morgan fingerprint density at radius 2 is 1.91 bits per heavy atom. The van der Waals surface area contributed by atoms with Crippen LogP contribution in [0.3, 0.4) is 0 Å². The van der Waals surface area contributed by atoms with Gasteiger partial charge in [0.25, 0.3) is 0 Å². The minimum Gasteiger partial charge on any atom is -0.495 e.